The third-order valence-electron chi connectivity index (χ3n) is 4.08. The summed E-state index contributed by atoms with van der Waals surface area (Å²) in [7, 11) is 2.46. The van der Waals surface area contributed by atoms with Crippen molar-refractivity contribution in [3.05, 3.63) is 0 Å². The minimum absolute atomic E-state index is 0.000729. The standard InChI is InChI=1S/C17H28N2O7.C2HF3O2/c1-17(2,3)26-16(23)19-9-6-7-12(19)15(22)18(11-14(21)25-5)10-8-13(20)24-4;3-2(4,5)1(6)7/h12H,6-11H2,1-5H3;(H,6,7)/t12-;/m1./s1. The Morgan fingerprint density at radius 1 is 1.03 bits per heavy atom. The highest BCUT2D eigenvalue weighted by atomic mass is 19.4. The molecule has 0 aromatic heterocycles. The summed E-state index contributed by atoms with van der Waals surface area (Å²) in [6.07, 6.45) is -4.59. The minimum atomic E-state index is -5.08. The normalized spacial score (nSPS) is 15.6. The van der Waals surface area contributed by atoms with Gasteiger partial charge in [0.2, 0.25) is 5.91 Å². The van der Waals surface area contributed by atoms with Gasteiger partial charge in [-0.2, -0.15) is 13.2 Å². The lowest BCUT2D eigenvalue weighted by molar-refractivity contribution is -0.192. The van der Waals surface area contributed by atoms with E-state index >= 15 is 0 Å². The lowest BCUT2D eigenvalue weighted by Gasteiger charge is -2.31. The molecule has 0 spiro atoms. The van der Waals surface area contributed by atoms with E-state index in [1.165, 1.54) is 24.0 Å². The van der Waals surface area contributed by atoms with E-state index in [4.69, 9.17) is 14.6 Å². The van der Waals surface area contributed by atoms with E-state index in [1.54, 1.807) is 20.8 Å². The number of methoxy groups -OCH3 is 2. The first-order chi connectivity index (χ1) is 15.0. The highest BCUT2D eigenvalue weighted by Gasteiger charge is 2.39. The van der Waals surface area contributed by atoms with Gasteiger partial charge in [0.1, 0.15) is 18.2 Å². The number of rotatable bonds is 6. The van der Waals surface area contributed by atoms with Gasteiger partial charge in [-0.3, -0.25) is 19.3 Å². The van der Waals surface area contributed by atoms with Gasteiger partial charge in [0.05, 0.1) is 20.6 Å². The predicted molar refractivity (Wildman–Crippen MR) is 105 cm³/mol. The fourth-order valence-electron chi connectivity index (χ4n) is 2.59. The monoisotopic (exact) mass is 486 g/mol. The SMILES string of the molecule is COC(=O)CCN(CC(=O)OC)C(=O)[C@H]1CCCN1C(=O)OC(C)(C)C.O=C(O)C(F)(F)F. The Morgan fingerprint density at radius 2 is 1.55 bits per heavy atom. The number of alkyl halides is 3. The van der Waals surface area contributed by atoms with Gasteiger partial charge in [0.25, 0.3) is 0 Å². The average molecular weight is 486 g/mol. The number of nitrogens with zero attached hydrogens (tertiary/aromatic N) is 2. The largest absolute Gasteiger partial charge is 0.490 e. The zero-order valence-electron chi connectivity index (χ0n) is 19.1. The molecule has 1 N–H and O–H groups in total. The van der Waals surface area contributed by atoms with Gasteiger partial charge in [0, 0.05) is 13.1 Å². The molecule has 0 saturated carbocycles. The molecule has 14 heteroatoms. The van der Waals surface area contributed by atoms with E-state index < -0.39 is 47.7 Å². The third kappa shape index (κ3) is 11.4. The lowest BCUT2D eigenvalue weighted by Crippen LogP contribution is -2.50. The molecule has 1 aliphatic heterocycles. The van der Waals surface area contributed by atoms with Crippen LogP contribution in [0.1, 0.15) is 40.0 Å². The summed E-state index contributed by atoms with van der Waals surface area (Å²) in [5.74, 6) is -4.27. The second-order valence-electron chi connectivity index (χ2n) is 7.80. The van der Waals surface area contributed by atoms with E-state index in [9.17, 15) is 32.3 Å². The third-order valence-corrected chi connectivity index (χ3v) is 4.08. The molecule has 0 aliphatic carbocycles. The molecular formula is C19H29F3N2O9. The van der Waals surface area contributed by atoms with Crippen LogP contribution in [0.3, 0.4) is 0 Å². The molecular weight excluding hydrogens is 457 g/mol. The van der Waals surface area contributed by atoms with Gasteiger partial charge in [-0.15, -0.1) is 0 Å². The Bertz CT molecular complexity index is 720. The molecule has 1 fully saturated rings. The zero-order chi connectivity index (χ0) is 26.0. The van der Waals surface area contributed by atoms with Crippen LogP contribution in [0.5, 0.6) is 0 Å². The van der Waals surface area contributed by atoms with Gasteiger partial charge in [-0.1, -0.05) is 0 Å². The molecule has 190 valence electrons. The molecule has 0 unspecified atom stereocenters. The lowest BCUT2D eigenvalue weighted by atomic mass is 10.2. The van der Waals surface area contributed by atoms with Crippen molar-refractivity contribution in [2.75, 3.05) is 33.9 Å². The van der Waals surface area contributed by atoms with Crippen LogP contribution >= 0.6 is 0 Å². The van der Waals surface area contributed by atoms with Gasteiger partial charge < -0.3 is 24.2 Å². The number of aliphatic carboxylic acids is 1. The molecule has 0 bridgehead atoms. The molecule has 0 aromatic rings. The first kappa shape index (κ1) is 29.9. The van der Waals surface area contributed by atoms with E-state index in [1.807, 2.05) is 0 Å². The maximum absolute atomic E-state index is 12.9. The Kier molecular flexibility index (Phi) is 11.7. The van der Waals surface area contributed by atoms with Gasteiger partial charge in [-0.05, 0) is 33.6 Å². The molecule has 1 aliphatic rings. The summed E-state index contributed by atoms with van der Waals surface area (Å²) >= 11 is 0. The maximum Gasteiger partial charge on any atom is 0.490 e. The zero-order valence-corrected chi connectivity index (χ0v) is 19.1. The van der Waals surface area contributed by atoms with Crippen molar-refractivity contribution in [3.63, 3.8) is 0 Å². The summed E-state index contributed by atoms with van der Waals surface area (Å²) in [4.78, 5) is 59.7. The first-order valence-corrected chi connectivity index (χ1v) is 9.75. The molecule has 0 radical (unpaired) electrons. The molecule has 1 rings (SSSR count). The van der Waals surface area contributed by atoms with Crippen molar-refractivity contribution in [2.45, 2.75) is 57.9 Å². The first-order valence-electron chi connectivity index (χ1n) is 9.75. The highest BCUT2D eigenvalue weighted by Crippen LogP contribution is 2.22. The molecule has 33 heavy (non-hydrogen) atoms. The van der Waals surface area contributed by atoms with Gasteiger partial charge in [-0.25, -0.2) is 9.59 Å². The van der Waals surface area contributed by atoms with Crippen molar-refractivity contribution >= 4 is 29.9 Å². The predicted octanol–water partition coefficient (Wildman–Crippen LogP) is 1.58. The molecule has 11 nitrogen and oxygen atoms in total. The molecule has 1 heterocycles. The van der Waals surface area contributed by atoms with Crippen molar-refractivity contribution in [3.8, 4) is 0 Å². The van der Waals surface area contributed by atoms with Crippen molar-refractivity contribution < 1.29 is 56.5 Å². The van der Waals surface area contributed by atoms with E-state index in [0.717, 1.165) is 0 Å². The Hall–Kier alpha value is -3.06. The number of carbonyl (C=O) groups is 5. The number of ether oxygens (including phenoxy) is 3. The van der Waals surface area contributed by atoms with Crippen LogP contribution < -0.4 is 0 Å². The molecule has 1 saturated heterocycles. The summed E-state index contributed by atoms with van der Waals surface area (Å²) in [5, 5.41) is 7.12. The average Bonchev–Trinajstić information content (AvgIpc) is 3.18. The fraction of sp³-hybridized carbons (Fsp3) is 0.737. The van der Waals surface area contributed by atoms with Crippen LogP contribution in [0, 0.1) is 0 Å². The number of carbonyl (C=O) groups excluding carboxylic acids is 4. The fourth-order valence-corrected chi connectivity index (χ4v) is 2.59. The second kappa shape index (κ2) is 12.8. The Morgan fingerprint density at radius 3 is 1.97 bits per heavy atom. The quantitative estimate of drug-likeness (QED) is 0.438. The maximum atomic E-state index is 12.9. The van der Waals surface area contributed by atoms with Crippen LogP contribution in [-0.2, 0) is 33.4 Å². The van der Waals surface area contributed by atoms with Crippen LogP contribution in [0.25, 0.3) is 0 Å². The number of hydrogen-bond donors (Lipinski definition) is 1. The Labute approximate surface area is 188 Å². The second-order valence-corrected chi connectivity index (χ2v) is 7.80. The Balaban J connectivity index is 0.00000126. The number of likely N-dealkylation sites (tertiary alicyclic amines) is 1. The number of carboxylic acid groups (broad SMARTS) is 1. The van der Waals surface area contributed by atoms with Gasteiger partial charge in [0.15, 0.2) is 0 Å². The molecule has 0 aromatic carbocycles. The van der Waals surface area contributed by atoms with E-state index in [2.05, 4.69) is 9.47 Å². The topological polar surface area (TPSA) is 140 Å². The number of halogens is 3. The van der Waals surface area contributed by atoms with Crippen LogP contribution in [-0.4, -0.2) is 96.5 Å². The van der Waals surface area contributed by atoms with E-state index in [0.29, 0.717) is 19.4 Å². The van der Waals surface area contributed by atoms with Crippen LogP contribution in [0.15, 0.2) is 0 Å². The summed E-state index contributed by atoms with van der Waals surface area (Å²) in [6.45, 7) is 5.34. The number of hydrogen-bond acceptors (Lipinski definition) is 8. The van der Waals surface area contributed by atoms with Crippen LogP contribution in [0.4, 0.5) is 18.0 Å². The van der Waals surface area contributed by atoms with Crippen LogP contribution in [0.2, 0.25) is 0 Å². The summed E-state index contributed by atoms with van der Waals surface area (Å²) in [5.41, 5.74) is -0.677. The number of amides is 2. The van der Waals surface area contributed by atoms with Crippen molar-refractivity contribution in [1.29, 1.82) is 0 Å². The van der Waals surface area contributed by atoms with Crippen molar-refractivity contribution in [2.24, 2.45) is 0 Å². The molecule has 1 atom stereocenters. The highest BCUT2D eigenvalue weighted by molar-refractivity contribution is 5.89. The minimum Gasteiger partial charge on any atom is -0.475 e. The molecule has 2 amide bonds. The number of esters is 2. The summed E-state index contributed by atoms with van der Waals surface area (Å²) < 4.78 is 46.3. The van der Waals surface area contributed by atoms with Crippen molar-refractivity contribution in [1.82, 2.24) is 9.80 Å². The van der Waals surface area contributed by atoms with Gasteiger partial charge >= 0.3 is 30.2 Å². The van der Waals surface area contributed by atoms with E-state index in [-0.39, 0.29) is 19.5 Å². The number of carboxylic acids is 1. The smallest absolute Gasteiger partial charge is 0.475 e. The summed E-state index contributed by atoms with van der Waals surface area (Å²) in [6, 6.07) is -0.729.